The molecule has 0 aliphatic heterocycles. The summed E-state index contributed by atoms with van der Waals surface area (Å²) < 4.78 is 10.1. The molecule has 0 aliphatic rings. The van der Waals surface area contributed by atoms with Gasteiger partial charge in [0, 0.05) is 13.6 Å². The second-order valence-corrected chi connectivity index (χ2v) is 4.60. The third kappa shape index (κ3) is 4.20. The Hall–Kier alpha value is -2.57. The van der Waals surface area contributed by atoms with Gasteiger partial charge in [-0.05, 0) is 24.6 Å². The van der Waals surface area contributed by atoms with E-state index < -0.39 is 0 Å². The second-order valence-electron chi connectivity index (χ2n) is 4.60. The van der Waals surface area contributed by atoms with E-state index in [4.69, 9.17) is 9.26 Å². The topological polar surface area (TPSA) is 80.5 Å². The molecule has 1 aromatic heterocycles. The van der Waals surface area contributed by atoms with Gasteiger partial charge in [0.05, 0.1) is 13.7 Å². The van der Waals surface area contributed by atoms with Crippen LogP contribution in [0, 0.1) is 6.92 Å². The molecular weight excluding hydrogens is 272 g/mol. The Labute approximate surface area is 122 Å². The van der Waals surface area contributed by atoms with Gasteiger partial charge in [-0.2, -0.15) is 4.98 Å². The van der Waals surface area contributed by atoms with Crippen molar-refractivity contribution in [2.24, 2.45) is 0 Å². The lowest BCUT2D eigenvalue weighted by molar-refractivity contribution is 0.204. The fourth-order valence-corrected chi connectivity index (χ4v) is 1.81. The summed E-state index contributed by atoms with van der Waals surface area (Å²) in [5, 5.41) is 6.38. The Morgan fingerprint density at radius 1 is 1.48 bits per heavy atom. The number of nitrogens with one attached hydrogen (secondary N) is 1. The van der Waals surface area contributed by atoms with Crippen molar-refractivity contribution in [2.45, 2.75) is 20.0 Å². The lowest BCUT2D eigenvalue weighted by atomic mass is 10.2. The Morgan fingerprint density at radius 2 is 2.29 bits per heavy atom. The Balaban J connectivity index is 1.87. The molecule has 2 rings (SSSR count). The third-order valence-corrected chi connectivity index (χ3v) is 2.86. The summed E-state index contributed by atoms with van der Waals surface area (Å²) in [6.07, 6.45) is 0. The van der Waals surface area contributed by atoms with E-state index in [-0.39, 0.29) is 12.6 Å². The summed E-state index contributed by atoms with van der Waals surface area (Å²) in [5.74, 6) is 1.70. The zero-order chi connectivity index (χ0) is 15.2. The molecule has 112 valence electrons. The molecule has 0 saturated carbocycles. The van der Waals surface area contributed by atoms with Crippen LogP contribution in [0.1, 0.15) is 17.3 Å². The summed E-state index contributed by atoms with van der Waals surface area (Å²) in [6, 6.07) is 7.37. The average molecular weight is 290 g/mol. The van der Waals surface area contributed by atoms with E-state index in [2.05, 4.69) is 15.5 Å². The first kappa shape index (κ1) is 14.8. The number of urea groups is 1. The van der Waals surface area contributed by atoms with Gasteiger partial charge < -0.3 is 19.5 Å². The monoisotopic (exact) mass is 290 g/mol. The minimum atomic E-state index is -0.214. The molecule has 21 heavy (non-hydrogen) atoms. The number of rotatable bonds is 5. The number of hydrogen-bond donors (Lipinski definition) is 1. The molecule has 0 unspecified atom stereocenters. The van der Waals surface area contributed by atoms with E-state index in [1.807, 2.05) is 24.3 Å². The number of hydrogen-bond acceptors (Lipinski definition) is 5. The summed E-state index contributed by atoms with van der Waals surface area (Å²) in [7, 11) is 3.33. The van der Waals surface area contributed by atoms with E-state index in [0.29, 0.717) is 18.3 Å². The molecule has 7 nitrogen and oxygen atoms in total. The van der Waals surface area contributed by atoms with Crippen LogP contribution in [0.15, 0.2) is 28.8 Å². The van der Waals surface area contributed by atoms with Crippen LogP contribution in [-0.2, 0) is 13.1 Å². The molecule has 0 radical (unpaired) electrons. The second kappa shape index (κ2) is 6.74. The number of amides is 2. The van der Waals surface area contributed by atoms with Crippen molar-refractivity contribution in [3.8, 4) is 5.75 Å². The first-order valence-electron chi connectivity index (χ1n) is 6.49. The molecule has 1 N–H and O–H groups in total. The lowest BCUT2D eigenvalue weighted by Crippen LogP contribution is -2.36. The van der Waals surface area contributed by atoms with Crippen molar-refractivity contribution in [3.63, 3.8) is 0 Å². The molecule has 0 spiro atoms. The molecule has 2 amide bonds. The highest BCUT2D eigenvalue weighted by Crippen LogP contribution is 2.13. The maximum absolute atomic E-state index is 12.0. The van der Waals surface area contributed by atoms with E-state index in [9.17, 15) is 4.79 Å². The van der Waals surface area contributed by atoms with Gasteiger partial charge in [-0.3, -0.25) is 0 Å². The standard InChI is InChI=1S/C14H18N4O3/c1-10-16-13(21-17-10)8-15-14(19)18(2)9-11-5-4-6-12(7-11)20-3/h4-7H,8-9H2,1-3H3,(H,15,19). The highest BCUT2D eigenvalue weighted by molar-refractivity contribution is 5.73. The smallest absolute Gasteiger partial charge is 0.317 e. The molecule has 0 bridgehead atoms. The van der Waals surface area contributed by atoms with Crippen LogP contribution in [0.2, 0.25) is 0 Å². The van der Waals surface area contributed by atoms with Crippen molar-refractivity contribution >= 4 is 6.03 Å². The van der Waals surface area contributed by atoms with Gasteiger partial charge in [-0.15, -0.1) is 0 Å². The van der Waals surface area contributed by atoms with Crippen LogP contribution < -0.4 is 10.1 Å². The molecular formula is C14H18N4O3. The van der Waals surface area contributed by atoms with E-state index in [0.717, 1.165) is 11.3 Å². The van der Waals surface area contributed by atoms with Gasteiger partial charge in [0.1, 0.15) is 5.75 Å². The Bertz CT molecular complexity index is 612. The first-order valence-corrected chi connectivity index (χ1v) is 6.49. The zero-order valence-electron chi connectivity index (χ0n) is 12.3. The molecule has 0 fully saturated rings. The minimum absolute atomic E-state index is 0.210. The van der Waals surface area contributed by atoms with Gasteiger partial charge in [0.15, 0.2) is 5.82 Å². The third-order valence-electron chi connectivity index (χ3n) is 2.86. The van der Waals surface area contributed by atoms with Crippen LogP contribution in [-0.4, -0.2) is 35.2 Å². The van der Waals surface area contributed by atoms with Gasteiger partial charge in [-0.25, -0.2) is 4.79 Å². The maximum Gasteiger partial charge on any atom is 0.317 e. The molecule has 0 saturated heterocycles. The summed E-state index contributed by atoms with van der Waals surface area (Å²) >= 11 is 0. The molecule has 1 aromatic carbocycles. The summed E-state index contributed by atoms with van der Waals surface area (Å²) in [4.78, 5) is 17.6. The van der Waals surface area contributed by atoms with Gasteiger partial charge in [0.25, 0.3) is 0 Å². The quantitative estimate of drug-likeness (QED) is 0.907. The maximum atomic E-state index is 12.0. The first-order chi connectivity index (χ1) is 10.1. The van der Waals surface area contributed by atoms with Crippen LogP contribution in [0.4, 0.5) is 4.79 Å². The minimum Gasteiger partial charge on any atom is -0.497 e. The van der Waals surface area contributed by atoms with Crippen molar-refractivity contribution in [2.75, 3.05) is 14.2 Å². The van der Waals surface area contributed by atoms with Crippen LogP contribution in [0.3, 0.4) is 0 Å². The van der Waals surface area contributed by atoms with E-state index >= 15 is 0 Å². The molecule has 0 aliphatic carbocycles. The number of nitrogens with zero attached hydrogens (tertiary/aromatic N) is 3. The van der Waals surface area contributed by atoms with Crippen LogP contribution >= 0.6 is 0 Å². The average Bonchev–Trinajstić information content (AvgIpc) is 2.90. The zero-order valence-corrected chi connectivity index (χ0v) is 12.3. The largest absolute Gasteiger partial charge is 0.497 e. The highest BCUT2D eigenvalue weighted by Gasteiger charge is 2.11. The van der Waals surface area contributed by atoms with Crippen LogP contribution in [0.25, 0.3) is 0 Å². The number of carbonyl (C=O) groups is 1. The SMILES string of the molecule is COc1cccc(CN(C)C(=O)NCc2nc(C)no2)c1. The molecule has 0 atom stereocenters. The van der Waals surface area contributed by atoms with E-state index in [1.54, 1.807) is 26.0 Å². The number of aryl methyl sites for hydroxylation is 1. The predicted octanol–water partition coefficient (Wildman–Crippen LogP) is 1.73. The molecule has 7 heteroatoms. The Morgan fingerprint density at radius 3 is 2.95 bits per heavy atom. The summed E-state index contributed by atoms with van der Waals surface area (Å²) in [6.45, 7) is 2.41. The van der Waals surface area contributed by atoms with Crippen molar-refractivity contribution < 1.29 is 14.1 Å². The van der Waals surface area contributed by atoms with Crippen molar-refractivity contribution in [3.05, 3.63) is 41.5 Å². The molecule has 1 heterocycles. The Kier molecular flexibility index (Phi) is 4.76. The highest BCUT2D eigenvalue weighted by atomic mass is 16.5. The number of methoxy groups -OCH3 is 1. The number of benzene rings is 1. The fourth-order valence-electron chi connectivity index (χ4n) is 1.81. The number of ether oxygens (including phenoxy) is 1. The van der Waals surface area contributed by atoms with Crippen molar-refractivity contribution in [1.82, 2.24) is 20.4 Å². The fraction of sp³-hybridized carbons (Fsp3) is 0.357. The van der Waals surface area contributed by atoms with Crippen molar-refractivity contribution in [1.29, 1.82) is 0 Å². The lowest BCUT2D eigenvalue weighted by Gasteiger charge is -2.17. The van der Waals surface area contributed by atoms with E-state index in [1.165, 1.54) is 0 Å². The summed E-state index contributed by atoms with van der Waals surface area (Å²) in [5.41, 5.74) is 0.987. The normalized spacial score (nSPS) is 10.2. The van der Waals surface area contributed by atoms with Gasteiger partial charge in [-0.1, -0.05) is 17.3 Å². The molecule has 2 aromatic rings. The predicted molar refractivity (Wildman–Crippen MR) is 75.7 cm³/mol. The van der Waals surface area contributed by atoms with Gasteiger partial charge in [0.2, 0.25) is 5.89 Å². The van der Waals surface area contributed by atoms with Crippen LogP contribution in [0.5, 0.6) is 5.75 Å². The van der Waals surface area contributed by atoms with Gasteiger partial charge >= 0.3 is 6.03 Å². The number of aromatic nitrogens is 2. The number of carbonyl (C=O) groups excluding carboxylic acids is 1.